The fourth-order valence-electron chi connectivity index (χ4n) is 2.13. The van der Waals surface area contributed by atoms with E-state index in [1.54, 1.807) is 6.26 Å². The van der Waals surface area contributed by atoms with Gasteiger partial charge in [-0.15, -0.1) is 0 Å². The van der Waals surface area contributed by atoms with Gasteiger partial charge in [-0.2, -0.15) is 0 Å². The molecule has 1 aromatic heterocycles. The first-order valence-corrected chi connectivity index (χ1v) is 5.90. The summed E-state index contributed by atoms with van der Waals surface area (Å²) in [4.78, 5) is 4.71. The Morgan fingerprint density at radius 2 is 2.19 bits per heavy atom. The lowest BCUT2D eigenvalue weighted by molar-refractivity contribution is 0.153. The first-order chi connectivity index (χ1) is 7.77. The average molecular weight is 223 g/mol. The summed E-state index contributed by atoms with van der Waals surface area (Å²) in [7, 11) is 4.21. The minimum Gasteiger partial charge on any atom is -0.468 e. The molecule has 1 N–H and O–H groups in total. The lowest BCUT2D eigenvalue weighted by Crippen LogP contribution is -2.46. The summed E-state index contributed by atoms with van der Waals surface area (Å²) in [5, 5.41) is 3.37. The Hall–Kier alpha value is -0.840. The third-order valence-electron chi connectivity index (χ3n) is 3.14. The van der Waals surface area contributed by atoms with Crippen molar-refractivity contribution in [2.45, 2.75) is 6.04 Å². The van der Waals surface area contributed by atoms with Crippen molar-refractivity contribution < 1.29 is 4.42 Å². The maximum absolute atomic E-state index is 5.51. The molecule has 1 aromatic rings. The highest BCUT2D eigenvalue weighted by Crippen LogP contribution is 2.19. The van der Waals surface area contributed by atoms with Crippen molar-refractivity contribution in [1.29, 1.82) is 0 Å². The van der Waals surface area contributed by atoms with Gasteiger partial charge >= 0.3 is 0 Å². The van der Waals surface area contributed by atoms with Gasteiger partial charge in [-0.1, -0.05) is 0 Å². The molecule has 4 heteroatoms. The van der Waals surface area contributed by atoms with Crippen LogP contribution >= 0.6 is 0 Å². The number of hydrogen-bond acceptors (Lipinski definition) is 4. The van der Waals surface area contributed by atoms with E-state index in [1.807, 2.05) is 6.07 Å². The Labute approximate surface area is 97.2 Å². The van der Waals surface area contributed by atoms with Crippen LogP contribution in [0.1, 0.15) is 11.8 Å². The van der Waals surface area contributed by atoms with Gasteiger partial charge in [-0.25, -0.2) is 0 Å². The Balaban J connectivity index is 1.97. The van der Waals surface area contributed by atoms with Crippen molar-refractivity contribution in [1.82, 2.24) is 15.1 Å². The zero-order valence-corrected chi connectivity index (χ0v) is 10.1. The van der Waals surface area contributed by atoms with Crippen LogP contribution in [-0.2, 0) is 0 Å². The largest absolute Gasteiger partial charge is 0.468 e. The van der Waals surface area contributed by atoms with E-state index in [-0.39, 0.29) is 0 Å². The highest BCUT2D eigenvalue weighted by Gasteiger charge is 2.21. The molecule has 1 atom stereocenters. The lowest BCUT2D eigenvalue weighted by atomic mass is 10.2. The summed E-state index contributed by atoms with van der Waals surface area (Å²) in [6.45, 7) is 5.49. The van der Waals surface area contributed by atoms with E-state index in [4.69, 9.17) is 4.42 Å². The molecule has 1 saturated heterocycles. The highest BCUT2D eigenvalue weighted by atomic mass is 16.3. The van der Waals surface area contributed by atoms with Crippen molar-refractivity contribution in [3.63, 3.8) is 0 Å². The fraction of sp³-hybridized carbons (Fsp3) is 0.667. The van der Waals surface area contributed by atoms with Crippen LogP contribution in [0.2, 0.25) is 0 Å². The van der Waals surface area contributed by atoms with Crippen molar-refractivity contribution >= 4 is 0 Å². The van der Waals surface area contributed by atoms with E-state index in [9.17, 15) is 0 Å². The SMILES string of the molecule is CN(C)C(CN1CCNCC1)c1ccco1. The molecule has 0 saturated carbocycles. The van der Waals surface area contributed by atoms with Gasteiger partial charge in [-0.3, -0.25) is 9.80 Å². The molecule has 4 nitrogen and oxygen atoms in total. The van der Waals surface area contributed by atoms with Gasteiger partial charge in [0.15, 0.2) is 0 Å². The summed E-state index contributed by atoms with van der Waals surface area (Å²) in [5.74, 6) is 1.06. The first kappa shape index (κ1) is 11.6. The van der Waals surface area contributed by atoms with Crippen LogP contribution in [0.3, 0.4) is 0 Å². The molecule has 1 aliphatic heterocycles. The normalized spacial score (nSPS) is 20.2. The number of piperazine rings is 1. The van der Waals surface area contributed by atoms with E-state index >= 15 is 0 Å². The van der Waals surface area contributed by atoms with Crippen LogP contribution in [0.4, 0.5) is 0 Å². The van der Waals surface area contributed by atoms with E-state index in [0.29, 0.717) is 6.04 Å². The van der Waals surface area contributed by atoms with Crippen LogP contribution in [0.5, 0.6) is 0 Å². The molecule has 90 valence electrons. The van der Waals surface area contributed by atoms with Crippen LogP contribution in [0.15, 0.2) is 22.8 Å². The first-order valence-electron chi connectivity index (χ1n) is 5.90. The van der Waals surface area contributed by atoms with Crippen LogP contribution in [0.25, 0.3) is 0 Å². The molecule has 0 aromatic carbocycles. The summed E-state index contributed by atoms with van der Waals surface area (Å²) in [5.41, 5.74) is 0. The van der Waals surface area contributed by atoms with Gasteiger partial charge in [0.05, 0.1) is 12.3 Å². The number of rotatable bonds is 4. The molecule has 0 spiro atoms. The number of likely N-dealkylation sites (N-methyl/N-ethyl adjacent to an activating group) is 1. The minimum atomic E-state index is 0.355. The second kappa shape index (κ2) is 5.48. The Morgan fingerprint density at radius 3 is 2.75 bits per heavy atom. The average Bonchev–Trinajstić information content (AvgIpc) is 2.80. The third kappa shape index (κ3) is 2.84. The zero-order valence-electron chi connectivity index (χ0n) is 10.1. The molecule has 1 aliphatic rings. The Bertz CT molecular complexity index is 291. The van der Waals surface area contributed by atoms with Crippen LogP contribution in [0, 0.1) is 0 Å². The predicted molar refractivity (Wildman–Crippen MR) is 64.4 cm³/mol. The summed E-state index contributed by atoms with van der Waals surface area (Å²) in [6, 6.07) is 4.38. The van der Waals surface area contributed by atoms with E-state index in [1.165, 1.54) is 0 Å². The van der Waals surface area contributed by atoms with Gasteiger partial charge in [0.25, 0.3) is 0 Å². The molecule has 16 heavy (non-hydrogen) atoms. The number of hydrogen-bond donors (Lipinski definition) is 1. The minimum absolute atomic E-state index is 0.355. The van der Waals surface area contributed by atoms with Crippen LogP contribution in [-0.4, -0.2) is 56.6 Å². The standard InChI is InChI=1S/C12H21N3O/c1-14(2)11(12-4-3-9-16-12)10-15-7-5-13-6-8-15/h3-4,9,11,13H,5-8,10H2,1-2H3. The van der Waals surface area contributed by atoms with Gasteiger partial charge in [0.2, 0.25) is 0 Å². The summed E-state index contributed by atoms with van der Waals surface area (Å²) >= 11 is 0. The monoisotopic (exact) mass is 223 g/mol. The summed E-state index contributed by atoms with van der Waals surface area (Å²) in [6.07, 6.45) is 1.75. The van der Waals surface area contributed by atoms with Gasteiger partial charge < -0.3 is 9.73 Å². The zero-order chi connectivity index (χ0) is 11.4. The Morgan fingerprint density at radius 1 is 1.44 bits per heavy atom. The van der Waals surface area contributed by atoms with Crippen molar-refractivity contribution in [3.05, 3.63) is 24.2 Å². The molecule has 2 rings (SSSR count). The molecule has 0 aliphatic carbocycles. The van der Waals surface area contributed by atoms with Gasteiger partial charge in [0, 0.05) is 32.7 Å². The van der Waals surface area contributed by atoms with Crippen molar-refractivity contribution in [2.75, 3.05) is 46.8 Å². The third-order valence-corrected chi connectivity index (χ3v) is 3.14. The second-order valence-corrected chi connectivity index (χ2v) is 4.55. The molecule has 1 unspecified atom stereocenters. The van der Waals surface area contributed by atoms with Crippen molar-refractivity contribution in [3.8, 4) is 0 Å². The van der Waals surface area contributed by atoms with E-state index < -0.39 is 0 Å². The molecule has 0 bridgehead atoms. The molecule has 1 fully saturated rings. The quantitative estimate of drug-likeness (QED) is 0.818. The van der Waals surface area contributed by atoms with E-state index in [0.717, 1.165) is 38.5 Å². The van der Waals surface area contributed by atoms with E-state index in [2.05, 4.69) is 35.3 Å². The predicted octanol–water partition coefficient (Wildman–Crippen LogP) is 0.788. The molecule has 2 heterocycles. The lowest BCUT2D eigenvalue weighted by Gasteiger charge is -2.32. The molecular formula is C12H21N3O. The molecule has 0 radical (unpaired) electrons. The molecule has 0 amide bonds. The smallest absolute Gasteiger partial charge is 0.122 e. The maximum atomic E-state index is 5.51. The topological polar surface area (TPSA) is 31.6 Å². The van der Waals surface area contributed by atoms with Gasteiger partial charge in [-0.05, 0) is 26.2 Å². The van der Waals surface area contributed by atoms with Crippen LogP contribution < -0.4 is 5.32 Å². The summed E-state index contributed by atoms with van der Waals surface area (Å²) < 4.78 is 5.51. The Kier molecular flexibility index (Phi) is 3.98. The van der Waals surface area contributed by atoms with Crippen molar-refractivity contribution in [2.24, 2.45) is 0 Å². The fourth-order valence-corrected chi connectivity index (χ4v) is 2.13. The van der Waals surface area contributed by atoms with Gasteiger partial charge in [0.1, 0.15) is 5.76 Å². The second-order valence-electron chi connectivity index (χ2n) is 4.55. The highest BCUT2D eigenvalue weighted by molar-refractivity contribution is 5.05. The molecular weight excluding hydrogens is 202 g/mol. The maximum Gasteiger partial charge on any atom is 0.122 e. The number of furan rings is 1. The number of nitrogens with zero attached hydrogens (tertiary/aromatic N) is 2. The number of nitrogens with one attached hydrogen (secondary N) is 1.